The van der Waals surface area contributed by atoms with Gasteiger partial charge in [-0.15, -0.1) is 0 Å². The number of nitrogens with two attached hydrogens (primary N) is 1. The Hall–Kier alpha value is -1.40. The molecule has 1 aromatic carbocycles. The van der Waals surface area contributed by atoms with Crippen molar-refractivity contribution in [3.8, 4) is 0 Å². The quantitative estimate of drug-likeness (QED) is 0.807. The predicted molar refractivity (Wildman–Crippen MR) is 55.1 cm³/mol. The van der Waals surface area contributed by atoms with Crippen molar-refractivity contribution in [2.24, 2.45) is 5.14 Å². The van der Waals surface area contributed by atoms with Crippen LogP contribution in [0.15, 0.2) is 24.4 Å². The van der Waals surface area contributed by atoms with Crippen LogP contribution in [0.5, 0.6) is 0 Å². The van der Waals surface area contributed by atoms with E-state index in [0.717, 1.165) is 0 Å². The van der Waals surface area contributed by atoms with Gasteiger partial charge in [-0.1, -0.05) is 6.07 Å². The number of hydrogen-bond donors (Lipinski definition) is 2. The van der Waals surface area contributed by atoms with Gasteiger partial charge in [-0.2, -0.15) is 0 Å². The molecule has 0 aliphatic rings. The fraction of sp³-hybridized carbons (Fsp3) is 0.111. The second-order valence-corrected chi connectivity index (χ2v) is 4.90. The van der Waals surface area contributed by atoms with Crippen LogP contribution in [-0.2, 0) is 15.8 Å². The summed E-state index contributed by atoms with van der Waals surface area (Å²) in [4.78, 5) is 2.79. The summed E-state index contributed by atoms with van der Waals surface area (Å²) in [6.07, 6.45) is 1.46. The molecule has 1 heterocycles. The number of aromatic nitrogens is 1. The van der Waals surface area contributed by atoms with Crippen LogP contribution >= 0.6 is 0 Å². The number of fused-ring (bicyclic) bond motifs is 1. The van der Waals surface area contributed by atoms with Crippen LogP contribution in [-0.4, -0.2) is 13.4 Å². The summed E-state index contributed by atoms with van der Waals surface area (Å²) in [5.41, 5.74) is 0.916. The normalized spacial score (nSPS) is 12.1. The van der Waals surface area contributed by atoms with E-state index in [4.69, 9.17) is 5.14 Å². The summed E-state index contributed by atoms with van der Waals surface area (Å²) in [6, 6.07) is 4.50. The van der Waals surface area contributed by atoms with Gasteiger partial charge in [0.1, 0.15) is 5.82 Å². The lowest BCUT2D eigenvalue weighted by molar-refractivity contribution is 0.597. The monoisotopic (exact) mass is 228 g/mol. The first kappa shape index (κ1) is 10.1. The Morgan fingerprint density at radius 1 is 1.40 bits per heavy atom. The number of primary sulfonamides is 1. The average molecular weight is 228 g/mol. The first-order valence-electron chi connectivity index (χ1n) is 4.22. The number of sulfonamides is 1. The van der Waals surface area contributed by atoms with Gasteiger partial charge in [-0.3, -0.25) is 0 Å². The molecule has 15 heavy (non-hydrogen) atoms. The Kier molecular flexibility index (Phi) is 2.24. The maximum Gasteiger partial charge on any atom is 0.213 e. The number of H-pyrrole nitrogens is 1. The average Bonchev–Trinajstić information content (AvgIpc) is 2.47. The summed E-state index contributed by atoms with van der Waals surface area (Å²) >= 11 is 0. The van der Waals surface area contributed by atoms with Crippen molar-refractivity contribution in [3.05, 3.63) is 35.8 Å². The van der Waals surface area contributed by atoms with Crippen molar-refractivity contribution in [1.82, 2.24) is 4.98 Å². The van der Waals surface area contributed by atoms with Crippen LogP contribution in [0.25, 0.3) is 10.9 Å². The molecule has 0 aliphatic heterocycles. The maximum atomic E-state index is 13.4. The van der Waals surface area contributed by atoms with Crippen LogP contribution in [0.3, 0.4) is 0 Å². The van der Waals surface area contributed by atoms with E-state index in [-0.39, 0.29) is 11.1 Å². The van der Waals surface area contributed by atoms with Crippen LogP contribution in [0.1, 0.15) is 5.56 Å². The highest BCUT2D eigenvalue weighted by Gasteiger charge is 2.12. The molecule has 2 aromatic rings. The molecule has 0 saturated heterocycles. The Morgan fingerprint density at radius 2 is 2.13 bits per heavy atom. The van der Waals surface area contributed by atoms with Crippen LogP contribution in [0, 0.1) is 5.82 Å². The standard InChI is InChI=1S/C9H9FN2O2S/c10-7-2-1-3-8-9(7)6(4-12-8)5-15(11,13)14/h1-4,12H,5H2,(H2,11,13,14). The molecule has 0 amide bonds. The van der Waals surface area contributed by atoms with Gasteiger partial charge in [-0.05, 0) is 17.7 Å². The van der Waals surface area contributed by atoms with Gasteiger partial charge < -0.3 is 4.98 Å². The van der Waals surface area contributed by atoms with Crippen molar-refractivity contribution in [2.75, 3.05) is 0 Å². The third kappa shape index (κ3) is 2.00. The number of hydrogen-bond acceptors (Lipinski definition) is 2. The smallest absolute Gasteiger partial charge is 0.213 e. The lowest BCUT2D eigenvalue weighted by Crippen LogP contribution is -2.14. The molecule has 6 heteroatoms. The summed E-state index contributed by atoms with van der Waals surface area (Å²) < 4.78 is 35.2. The van der Waals surface area contributed by atoms with Gasteiger partial charge in [0.05, 0.1) is 5.75 Å². The minimum Gasteiger partial charge on any atom is -0.361 e. The molecule has 0 saturated carbocycles. The Labute approximate surface area is 86.0 Å². The lowest BCUT2D eigenvalue weighted by Gasteiger charge is -1.97. The van der Waals surface area contributed by atoms with Gasteiger partial charge in [0.25, 0.3) is 0 Å². The molecule has 0 spiro atoms. The lowest BCUT2D eigenvalue weighted by atomic mass is 10.2. The van der Waals surface area contributed by atoms with E-state index in [1.807, 2.05) is 0 Å². The summed E-state index contributed by atoms with van der Waals surface area (Å²) in [6.45, 7) is 0. The van der Waals surface area contributed by atoms with Crippen LogP contribution in [0.2, 0.25) is 0 Å². The highest BCUT2D eigenvalue weighted by atomic mass is 32.2. The van der Waals surface area contributed by atoms with Crippen molar-refractivity contribution >= 4 is 20.9 Å². The summed E-state index contributed by atoms with van der Waals surface area (Å²) in [5, 5.41) is 5.19. The molecule has 3 N–H and O–H groups in total. The highest BCUT2D eigenvalue weighted by molar-refractivity contribution is 7.88. The van der Waals surface area contributed by atoms with Crippen molar-refractivity contribution in [2.45, 2.75) is 5.75 Å². The molecular formula is C9H9FN2O2S. The Bertz CT molecular complexity index is 604. The number of aromatic amines is 1. The highest BCUT2D eigenvalue weighted by Crippen LogP contribution is 2.22. The molecule has 0 radical (unpaired) electrons. The topological polar surface area (TPSA) is 76.0 Å². The minimum absolute atomic E-state index is 0.284. The molecule has 0 fully saturated rings. The van der Waals surface area contributed by atoms with Crippen molar-refractivity contribution < 1.29 is 12.8 Å². The fourth-order valence-corrected chi connectivity index (χ4v) is 2.20. The van der Waals surface area contributed by atoms with Gasteiger partial charge in [0, 0.05) is 17.1 Å². The van der Waals surface area contributed by atoms with Crippen molar-refractivity contribution in [3.63, 3.8) is 0 Å². The number of halogens is 1. The zero-order chi connectivity index (χ0) is 11.1. The molecule has 0 aliphatic carbocycles. The number of benzene rings is 1. The Balaban J connectivity index is 2.63. The molecule has 0 unspecified atom stereocenters. The second-order valence-electron chi connectivity index (χ2n) is 3.28. The van der Waals surface area contributed by atoms with E-state index in [9.17, 15) is 12.8 Å². The largest absolute Gasteiger partial charge is 0.361 e. The van der Waals surface area contributed by atoms with Crippen LogP contribution in [0.4, 0.5) is 4.39 Å². The molecule has 0 atom stereocenters. The molecule has 1 aromatic heterocycles. The number of rotatable bonds is 2. The SMILES string of the molecule is NS(=O)(=O)Cc1c[nH]c2cccc(F)c12. The molecule has 4 nitrogen and oxygen atoms in total. The Morgan fingerprint density at radius 3 is 2.80 bits per heavy atom. The molecular weight excluding hydrogens is 219 g/mol. The van der Waals surface area contributed by atoms with Gasteiger partial charge in [-0.25, -0.2) is 17.9 Å². The third-order valence-corrected chi connectivity index (χ3v) is 2.81. The zero-order valence-electron chi connectivity index (χ0n) is 7.70. The van der Waals surface area contributed by atoms with Crippen LogP contribution < -0.4 is 5.14 Å². The fourth-order valence-electron chi connectivity index (χ4n) is 1.54. The first-order valence-corrected chi connectivity index (χ1v) is 5.94. The van der Waals surface area contributed by atoms with E-state index in [0.29, 0.717) is 11.1 Å². The van der Waals surface area contributed by atoms with E-state index >= 15 is 0 Å². The van der Waals surface area contributed by atoms with Crippen molar-refractivity contribution in [1.29, 1.82) is 0 Å². The van der Waals surface area contributed by atoms with Gasteiger partial charge in [0.2, 0.25) is 10.0 Å². The minimum atomic E-state index is -3.64. The third-order valence-electron chi connectivity index (χ3n) is 2.09. The van der Waals surface area contributed by atoms with E-state index in [2.05, 4.69) is 4.98 Å². The molecule has 0 bridgehead atoms. The summed E-state index contributed by atoms with van der Waals surface area (Å²) in [5.74, 6) is -0.819. The maximum absolute atomic E-state index is 13.4. The van der Waals surface area contributed by atoms with E-state index in [1.54, 1.807) is 12.1 Å². The van der Waals surface area contributed by atoms with E-state index < -0.39 is 15.8 Å². The van der Waals surface area contributed by atoms with Gasteiger partial charge in [0.15, 0.2) is 0 Å². The molecule has 80 valence electrons. The van der Waals surface area contributed by atoms with E-state index in [1.165, 1.54) is 12.3 Å². The van der Waals surface area contributed by atoms with Gasteiger partial charge >= 0.3 is 0 Å². The molecule has 2 rings (SSSR count). The zero-order valence-corrected chi connectivity index (χ0v) is 8.51. The summed E-state index contributed by atoms with van der Waals surface area (Å²) in [7, 11) is -3.64. The number of nitrogens with one attached hydrogen (secondary N) is 1. The predicted octanol–water partition coefficient (Wildman–Crippen LogP) is 1.10. The first-order chi connectivity index (χ1) is 6.97. The second kappa shape index (κ2) is 3.32.